The van der Waals surface area contributed by atoms with Gasteiger partial charge in [0.05, 0.1) is 5.54 Å². The molecule has 0 aliphatic heterocycles. The first-order chi connectivity index (χ1) is 10.8. The molecule has 0 aromatic rings. The lowest BCUT2D eigenvalue weighted by Gasteiger charge is -2.40. The fourth-order valence-electron chi connectivity index (χ4n) is 2.95. The van der Waals surface area contributed by atoms with Crippen molar-refractivity contribution in [2.75, 3.05) is 5.75 Å². The summed E-state index contributed by atoms with van der Waals surface area (Å²) in [6, 6.07) is -1.28. The SMILES string of the molecule is CC(C)(C)SCC1(NC(=O)N[C@H](C(=O)O)C(C)(C)C)CCCCC1. The number of hydrogen-bond donors (Lipinski definition) is 3. The number of urea groups is 1. The molecule has 1 atom stereocenters. The minimum atomic E-state index is -1.00. The maximum atomic E-state index is 12.5. The highest BCUT2D eigenvalue weighted by Gasteiger charge is 2.37. The fourth-order valence-corrected chi connectivity index (χ4v) is 4.02. The van der Waals surface area contributed by atoms with Gasteiger partial charge in [0.1, 0.15) is 6.04 Å². The van der Waals surface area contributed by atoms with Gasteiger partial charge in [0.15, 0.2) is 0 Å². The lowest BCUT2D eigenvalue weighted by molar-refractivity contribution is -0.141. The van der Waals surface area contributed by atoms with Crippen LogP contribution in [0.15, 0.2) is 0 Å². The second-order valence-electron chi connectivity index (χ2n) is 8.98. The first-order valence-corrected chi connectivity index (χ1v) is 9.79. The molecule has 0 aromatic carbocycles. The molecule has 0 aromatic heterocycles. The van der Waals surface area contributed by atoms with Crippen LogP contribution in [-0.2, 0) is 4.79 Å². The smallest absolute Gasteiger partial charge is 0.326 e. The van der Waals surface area contributed by atoms with Gasteiger partial charge in [-0.2, -0.15) is 11.8 Å². The zero-order valence-electron chi connectivity index (χ0n) is 16.0. The van der Waals surface area contributed by atoms with Crippen molar-refractivity contribution >= 4 is 23.8 Å². The molecule has 0 saturated heterocycles. The van der Waals surface area contributed by atoms with E-state index in [9.17, 15) is 14.7 Å². The molecule has 2 amide bonds. The Morgan fingerprint density at radius 2 is 1.62 bits per heavy atom. The van der Waals surface area contributed by atoms with Crippen molar-refractivity contribution in [3.05, 3.63) is 0 Å². The van der Waals surface area contributed by atoms with Crippen molar-refractivity contribution in [2.24, 2.45) is 5.41 Å². The van der Waals surface area contributed by atoms with Crippen LogP contribution >= 0.6 is 11.8 Å². The van der Waals surface area contributed by atoms with Crippen LogP contribution in [-0.4, -0.2) is 39.2 Å². The second-order valence-corrected chi connectivity index (χ2v) is 10.8. The predicted octanol–water partition coefficient (Wildman–Crippen LogP) is 4.02. The standard InChI is InChI=1S/C18H34N2O3S/c1-16(2,3)13(14(21)22)19-15(23)20-18(10-8-7-9-11-18)12-24-17(4,5)6/h13H,7-12H2,1-6H3,(H,21,22)(H2,19,20,23)/t13-/m1/s1. The minimum absolute atomic E-state index is 0.137. The van der Waals surface area contributed by atoms with Crippen LogP contribution < -0.4 is 10.6 Å². The summed E-state index contributed by atoms with van der Waals surface area (Å²) in [7, 11) is 0. The number of rotatable bonds is 5. The molecule has 24 heavy (non-hydrogen) atoms. The number of carbonyl (C=O) groups excluding carboxylic acids is 1. The van der Waals surface area contributed by atoms with Gasteiger partial charge >= 0.3 is 12.0 Å². The Balaban J connectivity index is 2.78. The van der Waals surface area contributed by atoms with Crippen molar-refractivity contribution in [1.82, 2.24) is 10.6 Å². The van der Waals surface area contributed by atoms with Gasteiger partial charge in [-0.15, -0.1) is 0 Å². The molecular weight excluding hydrogens is 324 g/mol. The molecule has 1 aliphatic rings. The number of carboxylic acids is 1. The van der Waals surface area contributed by atoms with Crippen molar-refractivity contribution < 1.29 is 14.7 Å². The number of carboxylic acid groups (broad SMARTS) is 1. The van der Waals surface area contributed by atoms with Crippen LogP contribution in [0.3, 0.4) is 0 Å². The molecule has 1 fully saturated rings. The monoisotopic (exact) mass is 358 g/mol. The summed E-state index contributed by atoms with van der Waals surface area (Å²) in [5.74, 6) is -0.142. The number of hydrogen-bond acceptors (Lipinski definition) is 3. The van der Waals surface area contributed by atoms with E-state index in [4.69, 9.17) is 0 Å². The van der Waals surface area contributed by atoms with E-state index >= 15 is 0 Å². The molecule has 0 radical (unpaired) electrons. The highest BCUT2D eigenvalue weighted by Crippen LogP contribution is 2.35. The first kappa shape index (κ1) is 21.1. The third kappa shape index (κ3) is 6.91. The van der Waals surface area contributed by atoms with Crippen LogP contribution in [0.4, 0.5) is 4.79 Å². The Morgan fingerprint density at radius 1 is 1.08 bits per heavy atom. The highest BCUT2D eigenvalue weighted by molar-refractivity contribution is 8.00. The van der Waals surface area contributed by atoms with Gasteiger partial charge in [-0.05, 0) is 18.3 Å². The number of nitrogens with one attached hydrogen (secondary N) is 2. The molecular formula is C18H34N2O3S. The van der Waals surface area contributed by atoms with Gasteiger partial charge in [-0.3, -0.25) is 0 Å². The Labute approximate surface area is 150 Å². The van der Waals surface area contributed by atoms with E-state index in [-0.39, 0.29) is 16.3 Å². The predicted molar refractivity (Wildman–Crippen MR) is 101 cm³/mol. The molecule has 0 bridgehead atoms. The molecule has 0 heterocycles. The largest absolute Gasteiger partial charge is 0.480 e. The summed E-state index contributed by atoms with van der Waals surface area (Å²) >= 11 is 1.85. The van der Waals surface area contributed by atoms with Crippen molar-refractivity contribution in [3.63, 3.8) is 0 Å². The highest BCUT2D eigenvalue weighted by atomic mass is 32.2. The zero-order chi connectivity index (χ0) is 18.6. The number of amides is 2. The summed E-state index contributed by atoms with van der Waals surface area (Å²) in [5.41, 5.74) is -0.774. The lowest BCUT2D eigenvalue weighted by Crippen LogP contribution is -2.59. The molecule has 140 valence electrons. The van der Waals surface area contributed by atoms with Gasteiger partial charge < -0.3 is 15.7 Å². The van der Waals surface area contributed by atoms with Crippen LogP contribution in [0.1, 0.15) is 73.6 Å². The summed E-state index contributed by atoms with van der Waals surface area (Å²) in [4.78, 5) is 24.0. The molecule has 1 saturated carbocycles. The zero-order valence-corrected chi connectivity index (χ0v) is 16.8. The normalized spacial score (nSPS) is 19.4. The lowest BCUT2D eigenvalue weighted by atomic mass is 9.83. The van der Waals surface area contributed by atoms with Crippen LogP contribution in [0.25, 0.3) is 0 Å². The maximum absolute atomic E-state index is 12.5. The summed E-state index contributed by atoms with van der Waals surface area (Å²) in [6.45, 7) is 12.0. The molecule has 0 spiro atoms. The van der Waals surface area contributed by atoms with Crippen LogP contribution in [0.5, 0.6) is 0 Å². The van der Waals surface area contributed by atoms with Gasteiger partial charge in [0.25, 0.3) is 0 Å². The summed E-state index contributed by atoms with van der Waals surface area (Å²) < 4.78 is 0.137. The maximum Gasteiger partial charge on any atom is 0.326 e. The van der Waals surface area contributed by atoms with Crippen LogP contribution in [0.2, 0.25) is 0 Å². The Morgan fingerprint density at radius 3 is 2.04 bits per heavy atom. The molecule has 1 rings (SSSR count). The summed E-state index contributed by atoms with van der Waals surface area (Å²) in [6.07, 6.45) is 5.32. The Hall–Kier alpha value is -0.910. The van der Waals surface area contributed by atoms with Gasteiger partial charge in [0, 0.05) is 10.5 Å². The van der Waals surface area contributed by atoms with Crippen molar-refractivity contribution in [3.8, 4) is 0 Å². The summed E-state index contributed by atoms with van der Waals surface area (Å²) in [5, 5.41) is 15.2. The fraction of sp³-hybridized carbons (Fsp3) is 0.889. The van der Waals surface area contributed by atoms with E-state index in [1.54, 1.807) is 0 Å². The minimum Gasteiger partial charge on any atom is -0.480 e. The molecule has 3 N–H and O–H groups in total. The average Bonchev–Trinajstić information content (AvgIpc) is 2.41. The van der Waals surface area contributed by atoms with Crippen LogP contribution in [0, 0.1) is 5.41 Å². The van der Waals surface area contributed by atoms with Gasteiger partial charge in [0.2, 0.25) is 0 Å². The molecule has 0 unspecified atom stereocenters. The van der Waals surface area contributed by atoms with E-state index in [1.165, 1.54) is 6.42 Å². The average molecular weight is 359 g/mol. The number of aliphatic carboxylic acids is 1. The van der Waals surface area contributed by atoms with Crippen molar-refractivity contribution in [2.45, 2.75) is 90.0 Å². The third-order valence-corrected chi connectivity index (χ3v) is 5.92. The van der Waals surface area contributed by atoms with E-state index in [0.717, 1.165) is 31.4 Å². The molecule has 5 nitrogen and oxygen atoms in total. The van der Waals surface area contributed by atoms with E-state index in [2.05, 4.69) is 31.4 Å². The first-order valence-electron chi connectivity index (χ1n) is 8.80. The van der Waals surface area contributed by atoms with E-state index in [0.29, 0.717) is 0 Å². The quantitative estimate of drug-likeness (QED) is 0.693. The molecule has 6 heteroatoms. The second kappa shape index (κ2) is 7.98. The van der Waals surface area contributed by atoms with Gasteiger partial charge in [-0.25, -0.2) is 9.59 Å². The third-order valence-electron chi connectivity index (χ3n) is 4.36. The van der Waals surface area contributed by atoms with Crippen molar-refractivity contribution in [1.29, 1.82) is 0 Å². The molecule has 1 aliphatic carbocycles. The number of carbonyl (C=O) groups is 2. The number of thioether (sulfide) groups is 1. The van der Waals surface area contributed by atoms with E-state index < -0.39 is 17.4 Å². The Bertz CT molecular complexity index is 446. The Kier molecular flexibility index (Phi) is 7.03. The topological polar surface area (TPSA) is 78.4 Å². The van der Waals surface area contributed by atoms with Gasteiger partial charge in [-0.1, -0.05) is 60.8 Å². The van der Waals surface area contributed by atoms with E-state index in [1.807, 2.05) is 32.5 Å².